The summed E-state index contributed by atoms with van der Waals surface area (Å²) in [7, 11) is 0. The first kappa shape index (κ1) is 52.5. The molecule has 0 saturated heterocycles. The lowest BCUT2D eigenvalue weighted by Crippen LogP contribution is -2.45. The molecule has 15 heteroatoms. The number of allylic oxidation sites excluding steroid dienone is 2. The molecule has 6 aromatic carbocycles. The molecule has 0 atom stereocenters. The number of thiophene rings is 3. The second-order valence-corrected chi connectivity index (χ2v) is 24.4. The van der Waals surface area contributed by atoms with Gasteiger partial charge in [0.25, 0.3) is 0 Å². The first-order valence-electron chi connectivity index (χ1n) is 25.6. The Balaban J connectivity index is 1.08. The summed E-state index contributed by atoms with van der Waals surface area (Å²) in [4.78, 5) is 69.2. The van der Waals surface area contributed by atoms with Crippen LogP contribution in [0.1, 0.15) is 75.1 Å². The fourth-order valence-corrected chi connectivity index (χ4v) is 16.6. The van der Waals surface area contributed by atoms with Gasteiger partial charge in [0.15, 0.2) is 0 Å². The topological polar surface area (TPSA) is 105 Å². The summed E-state index contributed by atoms with van der Waals surface area (Å²) in [5.41, 5.74) is 2.80. The Bertz CT molecular complexity index is 4090. The third kappa shape index (κ3) is 8.69. The van der Waals surface area contributed by atoms with Crippen molar-refractivity contribution in [2.75, 3.05) is 0 Å². The lowest BCUT2D eigenvalue weighted by atomic mass is 9.76. The minimum absolute atomic E-state index is 0.0570. The molecular formula is C66H40O8S7. The number of ether oxygens (including phenoxy) is 4. The summed E-state index contributed by atoms with van der Waals surface area (Å²) in [6, 6.07) is 55.6. The molecular weight excluding hydrogens is 1150 g/mol. The number of hydrogen-bond acceptors (Lipinski definition) is 15. The van der Waals surface area contributed by atoms with E-state index in [4.69, 9.17) is 67.8 Å². The molecule has 0 N–H and O–H groups in total. The van der Waals surface area contributed by atoms with Crippen molar-refractivity contribution in [1.82, 2.24) is 0 Å². The van der Waals surface area contributed by atoms with Crippen LogP contribution in [0.5, 0.6) is 0 Å². The van der Waals surface area contributed by atoms with E-state index >= 15 is 19.2 Å². The Hall–Kier alpha value is -7.86. The highest BCUT2D eigenvalue weighted by Gasteiger charge is 2.72. The molecule has 3 aromatic heterocycles. The fraction of sp³-hybridized carbons (Fsp3) is 0.0909. The smallest absolute Gasteiger partial charge is 0.333 e. The molecule has 4 aliphatic carbocycles. The van der Waals surface area contributed by atoms with E-state index in [-0.39, 0.29) is 53.6 Å². The van der Waals surface area contributed by atoms with Gasteiger partial charge in [0.2, 0.25) is 10.8 Å². The van der Waals surface area contributed by atoms with E-state index in [9.17, 15) is 0 Å². The van der Waals surface area contributed by atoms with E-state index in [2.05, 4.69) is 0 Å². The maximum atomic E-state index is 16.3. The second kappa shape index (κ2) is 21.2. The van der Waals surface area contributed by atoms with Gasteiger partial charge in [-0.15, -0.1) is 34.0 Å². The SMILES string of the molecule is O=C(OCc1ccccc1)C1(C(=O)OCc2ccccc2)C2=C(c3sc(C=C4C(=S)c5ccccc5C4=S)cc31)C(C(=O)OCc1ccccc1)(C(=O)OCc1ccccc1)c1c2sc2cc(C=C3C(=S)c4ccccc4C3=S)sc12. The van der Waals surface area contributed by atoms with Crippen molar-refractivity contribution in [3.05, 3.63) is 268 Å². The van der Waals surface area contributed by atoms with Crippen LogP contribution in [0.25, 0.3) is 32.7 Å². The molecule has 13 rings (SSSR count). The third-order valence-corrected chi connectivity index (χ3v) is 20.1. The average molecular weight is 1190 g/mol. The zero-order valence-corrected chi connectivity index (χ0v) is 48.1. The van der Waals surface area contributed by atoms with E-state index in [0.29, 0.717) is 72.0 Å². The minimum Gasteiger partial charge on any atom is -0.459 e. The monoisotopic (exact) mass is 1180 g/mol. The molecule has 81 heavy (non-hydrogen) atoms. The molecule has 0 aliphatic heterocycles. The quantitative estimate of drug-likeness (QED) is 0.0340. The molecule has 0 fully saturated rings. The van der Waals surface area contributed by atoms with Gasteiger partial charge in [0, 0.05) is 79.9 Å². The van der Waals surface area contributed by atoms with Crippen LogP contribution in [0.15, 0.2) is 193 Å². The Morgan fingerprint density at radius 3 is 1.11 bits per heavy atom. The standard InChI is InChI=1S/C66H40O8S7/c67-61(71-33-37-17-5-1-6-18-37)65(62(68)72-34-38-19-7-2-8-20-38)49-31-41(29-47-54(75)43-25-13-14-26-44(43)55(47)76)79-58(49)51-52(65)60-53(59-50(81-60)32-42(80-59)30-48-56(77)45-27-15-16-28-46(45)57(48)78)66(51,63(69)73-35-39-21-9-3-10-22-39)64(70)74-36-40-23-11-4-12-24-40/h1-32H,33-36H2. The zero-order chi connectivity index (χ0) is 55.6. The lowest BCUT2D eigenvalue weighted by Gasteiger charge is -2.29. The summed E-state index contributed by atoms with van der Waals surface area (Å²) >= 11 is 27.9. The largest absolute Gasteiger partial charge is 0.459 e. The number of carbonyl (C=O) groups is 4. The molecule has 3 heterocycles. The maximum Gasteiger partial charge on any atom is 0.333 e. The zero-order valence-electron chi connectivity index (χ0n) is 42.4. The summed E-state index contributed by atoms with van der Waals surface area (Å²) in [6.07, 6.45) is 3.78. The molecule has 9 aromatic rings. The van der Waals surface area contributed by atoms with Crippen molar-refractivity contribution >= 4 is 159 Å². The third-order valence-electron chi connectivity index (χ3n) is 14.8. The predicted octanol–water partition coefficient (Wildman–Crippen LogP) is 14.5. The first-order chi connectivity index (χ1) is 39.5. The molecule has 0 spiro atoms. The normalized spacial score (nSPS) is 15.0. The summed E-state index contributed by atoms with van der Waals surface area (Å²) in [5, 5.41) is 0. The Morgan fingerprint density at radius 2 is 0.728 bits per heavy atom. The van der Waals surface area contributed by atoms with Crippen LogP contribution in [0, 0.1) is 0 Å². The molecule has 4 aliphatic rings. The van der Waals surface area contributed by atoms with Crippen molar-refractivity contribution in [2.24, 2.45) is 0 Å². The molecule has 0 radical (unpaired) electrons. The van der Waals surface area contributed by atoms with Crippen LogP contribution in [0.4, 0.5) is 0 Å². The van der Waals surface area contributed by atoms with Gasteiger partial charge in [-0.2, -0.15) is 0 Å². The van der Waals surface area contributed by atoms with Crippen molar-refractivity contribution in [1.29, 1.82) is 0 Å². The van der Waals surface area contributed by atoms with Crippen LogP contribution < -0.4 is 0 Å². The van der Waals surface area contributed by atoms with E-state index in [1.165, 1.54) is 34.0 Å². The van der Waals surface area contributed by atoms with Crippen LogP contribution >= 0.6 is 82.9 Å². The highest BCUT2D eigenvalue weighted by atomic mass is 32.1. The van der Waals surface area contributed by atoms with E-state index in [1.54, 1.807) is 6.07 Å². The van der Waals surface area contributed by atoms with Crippen molar-refractivity contribution < 1.29 is 38.1 Å². The minimum atomic E-state index is -2.48. The van der Waals surface area contributed by atoms with Gasteiger partial charge in [-0.25, -0.2) is 0 Å². The van der Waals surface area contributed by atoms with Gasteiger partial charge in [0.05, 0.1) is 24.2 Å². The van der Waals surface area contributed by atoms with Crippen LogP contribution in [0.3, 0.4) is 0 Å². The lowest BCUT2D eigenvalue weighted by molar-refractivity contribution is -0.165. The van der Waals surface area contributed by atoms with Crippen LogP contribution in [-0.4, -0.2) is 43.3 Å². The fourth-order valence-electron chi connectivity index (χ4n) is 11.1. The van der Waals surface area contributed by atoms with Gasteiger partial charge >= 0.3 is 23.9 Å². The summed E-state index contributed by atoms with van der Waals surface area (Å²) < 4.78 is 26.9. The molecule has 394 valence electrons. The van der Waals surface area contributed by atoms with Crippen LogP contribution in [0.2, 0.25) is 0 Å². The number of rotatable bonds is 14. The Labute approximate surface area is 498 Å². The number of carbonyl (C=O) groups excluding carboxylic acids is 4. The number of thiocarbonyl (C=S) groups is 4. The number of esters is 4. The summed E-state index contributed by atoms with van der Waals surface area (Å²) in [6.45, 7) is -0.921. The van der Waals surface area contributed by atoms with Gasteiger partial charge < -0.3 is 18.9 Å². The predicted molar refractivity (Wildman–Crippen MR) is 335 cm³/mol. The maximum absolute atomic E-state index is 16.3. The van der Waals surface area contributed by atoms with Gasteiger partial charge in [-0.05, 0) is 46.5 Å². The molecule has 8 nitrogen and oxygen atoms in total. The van der Waals surface area contributed by atoms with Crippen molar-refractivity contribution in [2.45, 2.75) is 37.3 Å². The second-order valence-electron chi connectivity index (χ2n) is 19.6. The summed E-state index contributed by atoms with van der Waals surface area (Å²) in [5.74, 6) is -3.91. The van der Waals surface area contributed by atoms with E-state index < -0.39 is 34.7 Å². The van der Waals surface area contributed by atoms with Crippen LogP contribution in [-0.2, 0) is 75.4 Å². The molecule has 0 bridgehead atoms. The first-order valence-corrected chi connectivity index (χ1v) is 29.7. The number of benzene rings is 6. The van der Waals surface area contributed by atoms with E-state index in [1.807, 2.05) is 188 Å². The molecule has 0 unspecified atom stereocenters. The van der Waals surface area contributed by atoms with Gasteiger partial charge in [-0.3, -0.25) is 19.2 Å². The Kier molecular flexibility index (Phi) is 13.8. The van der Waals surface area contributed by atoms with E-state index in [0.717, 1.165) is 27.1 Å². The Morgan fingerprint density at radius 1 is 0.395 bits per heavy atom. The number of fused-ring (bicyclic) bond motifs is 8. The molecule has 0 amide bonds. The van der Waals surface area contributed by atoms with Gasteiger partial charge in [-0.1, -0.05) is 219 Å². The number of hydrogen-bond donors (Lipinski definition) is 0. The highest BCUT2D eigenvalue weighted by Crippen LogP contribution is 2.69. The molecule has 0 saturated carbocycles. The van der Waals surface area contributed by atoms with Gasteiger partial charge in [0.1, 0.15) is 26.4 Å². The van der Waals surface area contributed by atoms with Crippen molar-refractivity contribution in [3.8, 4) is 0 Å². The van der Waals surface area contributed by atoms with Crippen molar-refractivity contribution in [3.63, 3.8) is 0 Å². The average Bonchev–Trinajstić information content (AvgIpc) is 4.06. The highest BCUT2D eigenvalue weighted by molar-refractivity contribution is 7.84.